The highest BCUT2D eigenvalue weighted by Crippen LogP contribution is 2.27. The number of nitrogens with zero attached hydrogens (tertiary/aromatic N) is 2. The Morgan fingerprint density at radius 2 is 2.00 bits per heavy atom. The van der Waals surface area contributed by atoms with Gasteiger partial charge in [-0.15, -0.1) is 11.3 Å². The van der Waals surface area contributed by atoms with Gasteiger partial charge in [0.05, 0.1) is 10.7 Å². The van der Waals surface area contributed by atoms with Gasteiger partial charge < -0.3 is 15.6 Å². The summed E-state index contributed by atoms with van der Waals surface area (Å²) in [5.74, 6) is 0.873. The molecule has 6 heteroatoms. The highest BCUT2D eigenvalue weighted by atomic mass is 32.1. The van der Waals surface area contributed by atoms with Crippen molar-refractivity contribution in [3.8, 4) is 0 Å². The minimum Gasteiger partial charge on any atom is -0.361 e. The Morgan fingerprint density at radius 3 is 2.89 bits per heavy atom. The molecule has 0 spiro atoms. The first kappa shape index (κ1) is 19.0. The molecular formula is C22H29N5S. The van der Waals surface area contributed by atoms with Gasteiger partial charge in [0.15, 0.2) is 5.96 Å². The zero-order chi connectivity index (χ0) is 19.2. The molecule has 0 radical (unpaired) electrons. The fourth-order valence-electron chi connectivity index (χ4n) is 3.83. The minimum absolute atomic E-state index is 0.862. The molecule has 0 atom stereocenters. The van der Waals surface area contributed by atoms with Crippen molar-refractivity contribution in [2.75, 3.05) is 20.1 Å². The predicted molar refractivity (Wildman–Crippen MR) is 118 cm³/mol. The van der Waals surface area contributed by atoms with Gasteiger partial charge in [0.25, 0.3) is 0 Å². The van der Waals surface area contributed by atoms with Gasteiger partial charge in [-0.3, -0.25) is 4.99 Å². The van der Waals surface area contributed by atoms with E-state index in [0.717, 1.165) is 38.3 Å². The fraction of sp³-hybridized carbons (Fsp3) is 0.455. The molecule has 2 heterocycles. The molecule has 1 aromatic carbocycles. The maximum atomic E-state index is 4.83. The lowest BCUT2D eigenvalue weighted by Gasteiger charge is -2.11. The summed E-state index contributed by atoms with van der Waals surface area (Å²) in [4.78, 5) is 14.0. The smallest absolute Gasteiger partial charge is 0.190 e. The van der Waals surface area contributed by atoms with Crippen molar-refractivity contribution in [3.63, 3.8) is 0 Å². The molecule has 0 saturated heterocycles. The number of aryl methyl sites for hydroxylation is 3. The largest absolute Gasteiger partial charge is 0.361 e. The SMILES string of the molecule is CN=C(NCCCc1nc2c(s1)CCCC2)NCCc1c[nH]c2ccccc12. The number of rotatable bonds is 7. The van der Waals surface area contributed by atoms with Crippen LogP contribution < -0.4 is 10.6 Å². The molecule has 0 unspecified atom stereocenters. The van der Waals surface area contributed by atoms with Crippen molar-refractivity contribution < 1.29 is 0 Å². The lowest BCUT2D eigenvalue weighted by Crippen LogP contribution is -2.38. The quantitative estimate of drug-likeness (QED) is 0.323. The molecule has 0 amide bonds. The van der Waals surface area contributed by atoms with Crippen molar-refractivity contribution in [1.82, 2.24) is 20.6 Å². The number of H-pyrrole nitrogens is 1. The molecule has 3 N–H and O–H groups in total. The molecule has 1 aliphatic rings. The molecule has 0 fully saturated rings. The van der Waals surface area contributed by atoms with Gasteiger partial charge in [0, 0.05) is 48.5 Å². The average molecular weight is 396 g/mol. The average Bonchev–Trinajstić information content (AvgIpc) is 3.33. The van der Waals surface area contributed by atoms with E-state index < -0.39 is 0 Å². The van der Waals surface area contributed by atoms with Crippen molar-refractivity contribution in [2.24, 2.45) is 4.99 Å². The Bertz CT molecular complexity index is 916. The van der Waals surface area contributed by atoms with E-state index in [1.54, 1.807) is 0 Å². The minimum atomic E-state index is 0.862. The highest BCUT2D eigenvalue weighted by Gasteiger charge is 2.14. The van der Waals surface area contributed by atoms with Gasteiger partial charge >= 0.3 is 0 Å². The van der Waals surface area contributed by atoms with Crippen molar-refractivity contribution in [3.05, 3.63) is 51.6 Å². The second-order valence-corrected chi connectivity index (χ2v) is 8.49. The number of nitrogens with one attached hydrogen (secondary N) is 3. The Morgan fingerprint density at radius 1 is 1.14 bits per heavy atom. The Hall–Kier alpha value is -2.34. The van der Waals surface area contributed by atoms with Gasteiger partial charge in [-0.25, -0.2) is 4.98 Å². The number of hydrogen-bond donors (Lipinski definition) is 3. The monoisotopic (exact) mass is 395 g/mol. The maximum absolute atomic E-state index is 4.83. The molecule has 5 nitrogen and oxygen atoms in total. The molecule has 4 rings (SSSR count). The van der Waals surface area contributed by atoms with Crippen LogP contribution in [0, 0.1) is 0 Å². The number of benzene rings is 1. The summed E-state index contributed by atoms with van der Waals surface area (Å²) < 4.78 is 0. The van der Waals surface area contributed by atoms with E-state index in [0.29, 0.717) is 0 Å². The topological polar surface area (TPSA) is 65.1 Å². The normalized spacial score (nSPS) is 14.2. The zero-order valence-corrected chi connectivity index (χ0v) is 17.4. The third kappa shape index (κ3) is 4.55. The van der Waals surface area contributed by atoms with Crippen LogP contribution in [-0.2, 0) is 25.7 Å². The summed E-state index contributed by atoms with van der Waals surface area (Å²) in [6.07, 6.45) is 10.3. The van der Waals surface area contributed by atoms with Gasteiger partial charge in [-0.2, -0.15) is 0 Å². The first-order valence-corrected chi connectivity index (χ1v) is 11.1. The first-order chi connectivity index (χ1) is 13.8. The predicted octanol–water partition coefficient (Wildman–Crippen LogP) is 3.84. The summed E-state index contributed by atoms with van der Waals surface area (Å²) in [6.45, 7) is 1.78. The number of para-hydroxylation sites is 1. The van der Waals surface area contributed by atoms with Crippen molar-refractivity contribution in [2.45, 2.75) is 44.9 Å². The van der Waals surface area contributed by atoms with E-state index in [2.05, 4.69) is 51.1 Å². The lowest BCUT2D eigenvalue weighted by molar-refractivity contribution is 0.678. The summed E-state index contributed by atoms with van der Waals surface area (Å²) in [5.41, 5.74) is 3.91. The molecule has 3 aromatic rings. The summed E-state index contributed by atoms with van der Waals surface area (Å²) in [5, 5.41) is 9.46. The van der Waals surface area contributed by atoms with Crippen LogP contribution in [0.2, 0.25) is 0 Å². The third-order valence-electron chi connectivity index (χ3n) is 5.34. The second-order valence-electron chi connectivity index (χ2n) is 7.32. The van der Waals surface area contributed by atoms with E-state index in [-0.39, 0.29) is 0 Å². The van der Waals surface area contributed by atoms with E-state index in [1.165, 1.54) is 57.7 Å². The van der Waals surface area contributed by atoms with Crippen molar-refractivity contribution in [1.29, 1.82) is 0 Å². The number of thiazole rings is 1. The molecule has 28 heavy (non-hydrogen) atoms. The Balaban J connectivity index is 1.18. The van der Waals surface area contributed by atoms with Crippen LogP contribution in [0.15, 0.2) is 35.5 Å². The zero-order valence-electron chi connectivity index (χ0n) is 16.6. The lowest BCUT2D eigenvalue weighted by atomic mass is 10.0. The molecule has 0 aliphatic heterocycles. The second kappa shape index (κ2) is 9.24. The molecule has 148 valence electrons. The van der Waals surface area contributed by atoms with Gasteiger partial charge in [0.1, 0.15) is 0 Å². The molecule has 1 aliphatic carbocycles. The molecule has 2 aromatic heterocycles. The highest BCUT2D eigenvalue weighted by molar-refractivity contribution is 7.11. The van der Waals surface area contributed by atoms with Crippen LogP contribution in [0.25, 0.3) is 10.9 Å². The molecular weight excluding hydrogens is 366 g/mol. The number of aromatic amines is 1. The van der Waals surface area contributed by atoms with E-state index in [9.17, 15) is 0 Å². The first-order valence-electron chi connectivity index (χ1n) is 10.3. The van der Waals surface area contributed by atoms with E-state index >= 15 is 0 Å². The summed E-state index contributed by atoms with van der Waals surface area (Å²) >= 11 is 1.93. The number of aromatic nitrogens is 2. The Labute approximate surface area is 170 Å². The van der Waals surface area contributed by atoms with Crippen molar-refractivity contribution >= 4 is 28.2 Å². The van der Waals surface area contributed by atoms with Crippen LogP contribution in [-0.4, -0.2) is 36.1 Å². The van der Waals surface area contributed by atoms with Gasteiger partial charge in [0.2, 0.25) is 0 Å². The van der Waals surface area contributed by atoms with Crippen LogP contribution in [0.1, 0.15) is 40.4 Å². The number of hydrogen-bond acceptors (Lipinski definition) is 3. The van der Waals surface area contributed by atoms with Crippen LogP contribution in [0.4, 0.5) is 0 Å². The van der Waals surface area contributed by atoms with E-state index in [4.69, 9.17) is 4.98 Å². The van der Waals surface area contributed by atoms with E-state index in [1.807, 2.05) is 18.4 Å². The van der Waals surface area contributed by atoms with Crippen LogP contribution in [0.5, 0.6) is 0 Å². The maximum Gasteiger partial charge on any atom is 0.190 e. The number of aliphatic imine (C=N–C) groups is 1. The van der Waals surface area contributed by atoms with Crippen LogP contribution >= 0.6 is 11.3 Å². The third-order valence-corrected chi connectivity index (χ3v) is 6.55. The van der Waals surface area contributed by atoms with Crippen LogP contribution in [0.3, 0.4) is 0 Å². The number of guanidine groups is 1. The number of fused-ring (bicyclic) bond motifs is 2. The molecule has 0 bridgehead atoms. The fourth-order valence-corrected chi connectivity index (χ4v) is 5.03. The van der Waals surface area contributed by atoms with Gasteiger partial charge in [-0.1, -0.05) is 18.2 Å². The summed E-state index contributed by atoms with van der Waals surface area (Å²) in [7, 11) is 1.83. The summed E-state index contributed by atoms with van der Waals surface area (Å²) in [6, 6.07) is 8.44. The Kier molecular flexibility index (Phi) is 6.27. The standard InChI is InChI=1S/C22H29N5S/c1-23-22(25-14-12-16-15-26-18-8-3-2-7-17(16)18)24-13-6-11-21-27-19-9-4-5-10-20(19)28-21/h2-3,7-8,15,26H,4-6,9-14H2,1H3,(H2,23,24,25). The molecule has 0 saturated carbocycles. The van der Waals surface area contributed by atoms with Gasteiger partial charge in [-0.05, 0) is 50.2 Å².